The summed E-state index contributed by atoms with van der Waals surface area (Å²) in [5.41, 5.74) is 0. The zero-order valence-electron chi connectivity index (χ0n) is 11.1. The first-order chi connectivity index (χ1) is 9.06. The standard InChI is InChI=1S/C12H18ClN3O2S/c1-8(2)15-11(17)10-7-18-4-3-16(10)6-9-5-14-12(13)19-9/h5,8,10H,3-4,6-7H2,1-2H3,(H,15,17). The van der Waals surface area contributed by atoms with Crippen molar-refractivity contribution in [1.82, 2.24) is 15.2 Å². The predicted molar refractivity (Wildman–Crippen MR) is 75.4 cm³/mol. The third-order valence-electron chi connectivity index (χ3n) is 2.86. The lowest BCUT2D eigenvalue weighted by Crippen LogP contribution is -2.54. The fraction of sp³-hybridized carbons (Fsp3) is 0.667. The highest BCUT2D eigenvalue weighted by Crippen LogP contribution is 2.21. The molecule has 5 nitrogen and oxygen atoms in total. The normalized spacial score (nSPS) is 20.7. The lowest BCUT2D eigenvalue weighted by Gasteiger charge is -2.34. The van der Waals surface area contributed by atoms with Crippen molar-refractivity contribution < 1.29 is 9.53 Å². The summed E-state index contributed by atoms with van der Waals surface area (Å²) in [4.78, 5) is 19.3. The number of halogens is 1. The van der Waals surface area contributed by atoms with Gasteiger partial charge in [-0.25, -0.2) is 4.98 Å². The lowest BCUT2D eigenvalue weighted by atomic mass is 10.2. The number of thiazole rings is 1. The Bertz CT molecular complexity index is 438. The maximum Gasteiger partial charge on any atom is 0.239 e. The molecule has 0 spiro atoms. The monoisotopic (exact) mass is 303 g/mol. The molecule has 106 valence electrons. The predicted octanol–water partition coefficient (Wildman–Crippen LogP) is 1.52. The number of nitrogens with one attached hydrogen (secondary N) is 1. The van der Waals surface area contributed by atoms with E-state index in [2.05, 4.69) is 15.2 Å². The highest BCUT2D eigenvalue weighted by Gasteiger charge is 2.30. The molecule has 2 heterocycles. The molecule has 1 aliphatic heterocycles. The number of amides is 1. The van der Waals surface area contributed by atoms with Gasteiger partial charge in [-0.05, 0) is 13.8 Å². The van der Waals surface area contributed by atoms with Gasteiger partial charge in [0.1, 0.15) is 6.04 Å². The summed E-state index contributed by atoms with van der Waals surface area (Å²) in [6, 6.07) is -0.105. The minimum absolute atomic E-state index is 0.0188. The van der Waals surface area contributed by atoms with Crippen LogP contribution in [0.25, 0.3) is 0 Å². The number of ether oxygens (including phenoxy) is 1. The van der Waals surface area contributed by atoms with Crippen molar-refractivity contribution in [1.29, 1.82) is 0 Å². The summed E-state index contributed by atoms with van der Waals surface area (Å²) in [5, 5.41) is 2.93. The molecule has 0 saturated carbocycles. The number of nitrogens with zero attached hydrogens (tertiary/aromatic N) is 2. The summed E-state index contributed by atoms with van der Waals surface area (Å²) in [6.45, 7) is 6.42. The van der Waals surface area contributed by atoms with Gasteiger partial charge in [-0.3, -0.25) is 9.69 Å². The molecule has 1 atom stereocenters. The molecule has 1 aromatic heterocycles. The van der Waals surface area contributed by atoms with Gasteiger partial charge in [0, 0.05) is 30.2 Å². The van der Waals surface area contributed by atoms with E-state index >= 15 is 0 Å². The van der Waals surface area contributed by atoms with Gasteiger partial charge in [-0.1, -0.05) is 11.6 Å². The molecule has 1 saturated heterocycles. The van der Waals surface area contributed by atoms with Gasteiger partial charge < -0.3 is 10.1 Å². The zero-order chi connectivity index (χ0) is 13.8. The van der Waals surface area contributed by atoms with Crippen molar-refractivity contribution in [2.24, 2.45) is 0 Å². The van der Waals surface area contributed by atoms with E-state index in [0.717, 1.165) is 11.4 Å². The van der Waals surface area contributed by atoms with Gasteiger partial charge in [0.25, 0.3) is 0 Å². The molecule has 1 unspecified atom stereocenters. The summed E-state index contributed by atoms with van der Waals surface area (Å²) >= 11 is 7.28. The van der Waals surface area contributed by atoms with Crippen LogP contribution in [0.2, 0.25) is 4.47 Å². The topological polar surface area (TPSA) is 54.5 Å². The molecule has 19 heavy (non-hydrogen) atoms. The third kappa shape index (κ3) is 4.14. The number of hydrogen-bond acceptors (Lipinski definition) is 5. The average Bonchev–Trinajstić information content (AvgIpc) is 2.74. The van der Waals surface area contributed by atoms with Crippen molar-refractivity contribution in [2.75, 3.05) is 19.8 Å². The molecule has 1 amide bonds. The SMILES string of the molecule is CC(C)NC(=O)C1COCCN1Cc1cnc(Cl)s1. The van der Waals surface area contributed by atoms with E-state index in [1.165, 1.54) is 11.3 Å². The average molecular weight is 304 g/mol. The first kappa shape index (κ1) is 14.7. The maximum atomic E-state index is 12.1. The second-order valence-electron chi connectivity index (χ2n) is 4.80. The quantitative estimate of drug-likeness (QED) is 0.916. The Balaban J connectivity index is 2.01. The summed E-state index contributed by atoms with van der Waals surface area (Å²) in [5.74, 6) is 0.0188. The Morgan fingerprint density at radius 2 is 2.53 bits per heavy atom. The van der Waals surface area contributed by atoms with Crippen LogP contribution in [0.3, 0.4) is 0 Å². The Hall–Kier alpha value is -0.690. The fourth-order valence-electron chi connectivity index (χ4n) is 2.01. The van der Waals surface area contributed by atoms with Gasteiger partial charge in [0.2, 0.25) is 5.91 Å². The smallest absolute Gasteiger partial charge is 0.239 e. The summed E-state index contributed by atoms with van der Waals surface area (Å²) < 4.78 is 5.95. The van der Waals surface area contributed by atoms with Crippen LogP contribution >= 0.6 is 22.9 Å². The van der Waals surface area contributed by atoms with E-state index in [1.54, 1.807) is 6.20 Å². The second-order valence-corrected chi connectivity index (χ2v) is 6.50. The van der Waals surface area contributed by atoms with Crippen LogP contribution in [0.1, 0.15) is 18.7 Å². The summed E-state index contributed by atoms with van der Waals surface area (Å²) in [7, 11) is 0. The number of morpholine rings is 1. The largest absolute Gasteiger partial charge is 0.378 e. The van der Waals surface area contributed by atoms with E-state index in [1.807, 2.05) is 13.8 Å². The Morgan fingerprint density at radius 3 is 3.16 bits per heavy atom. The van der Waals surface area contributed by atoms with Crippen LogP contribution in [0, 0.1) is 0 Å². The van der Waals surface area contributed by atoms with Crippen LogP contribution in [0.15, 0.2) is 6.20 Å². The van der Waals surface area contributed by atoms with Crippen LogP contribution in [0.5, 0.6) is 0 Å². The van der Waals surface area contributed by atoms with Gasteiger partial charge in [0.05, 0.1) is 13.2 Å². The van der Waals surface area contributed by atoms with Crippen LogP contribution in [-0.4, -0.2) is 47.6 Å². The molecule has 0 aromatic carbocycles. The van der Waals surface area contributed by atoms with Gasteiger partial charge in [-0.2, -0.15) is 0 Å². The van der Waals surface area contributed by atoms with E-state index in [0.29, 0.717) is 24.2 Å². The van der Waals surface area contributed by atoms with E-state index in [-0.39, 0.29) is 18.0 Å². The Morgan fingerprint density at radius 1 is 1.74 bits per heavy atom. The molecule has 1 N–H and O–H groups in total. The lowest BCUT2D eigenvalue weighted by molar-refractivity contribution is -0.133. The first-order valence-electron chi connectivity index (χ1n) is 6.28. The van der Waals surface area contributed by atoms with E-state index < -0.39 is 0 Å². The van der Waals surface area contributed by atoms with Gasteiger partial charge in [-0.15, -0.1) is 11.3 Å². The number of hydrogen-bond donors (Lipinski definition) is 1. The fourth-order valence-corrected chi connectivity index (χ4v) is 3.01. The number of aromatic nitrogens is 1. The highest BCUT2D eigenvalue weighted by atomic mass is 35.5. The number of carbonyl (C=O) groups excluding carboxylic acids is 1. The van der Waals surface area contributed by atoms with Crippen LogP contribution < -0.4 is 5.32 Å². The van der Waals surface area contributed by atoms with E-state index in [9.17, 15) is 4.79 Å². The third-order valence-corrected chi connectivity index (χ3v) is 3.96. The maximum absolute atomic E-state index is 12.1. The van der Waals surface area contributed by atoms with Gasteiger partial charge in [0.15, 0.2) is 4.47 Å². The Kier molecular flexibility index (Phi) is 5.15. The number of rotatable bonds is 4. The van der Waals surface area contributed by atoms with Crippen molar-refractivity contribution in [3.63, 3.8) is 0 Å². The zero-order valence-corrected chi connectivity index (χ0v) is 12.6. The molecule has 1 fully saturated rings. The first-order valence-corrected chi connectivity index (χ1v) is 7.48. The Labute approximate surface area is 121 Å². The summed E-state index contributed by atoms with van der Waals surface area (Å²) in [6.07, 6.45) is 1.76. The molecular weight excluding hydrogens is 286 g/mol. The molecular formula is C12H18ClN3O2S. The number of carbonyl (C=O) groups is 1. The van der Waals surface area contributed by atoms with Crippen molar-refractivity contribution >= 4 is 28.8 Å². The minimum atomic E-state index is -0.239. The molecule has 1 aliphatic rings. The second kappa shape index (κ2) is 6.65. The molecule has 7 heteroatoms. The minimum Gasteiger partial charge on any atom is -0.378 e. The van der Waals surface area contributed by atoms with Crippen LogP contribution in [0.4, 0.5) is 0 Å². The highest BCUT2D eigenvalue weighted by molar-refractivity contribution is 7.15. The van der Waals surface area contributed by atoms with Gasteiger partial charge >= 0.3 is 0 Å². The van der Waals surface area contributed by atoms with Crippen LogP contribution in [-0.2, 0) is 16.1 Å². The van der Waals surface area contributed by atoms with Crippen molar-refractivity contribution in [3.8, 4) is 0 Å². The van der Waals surface area contributed by atoms with Crippen molar-refractivity contribution in [2.45, 2.75) is 32.5 Å². The molecule has 1 aromatic rings. The molecule has 0 aliphatic carbocycles. The molecule has 2 rings (SSSR count). The molecule has 0 bridgehead atoms. The van der Waals surface area contributed by atoms with E-state index in [4.69, 9.17) is 16.3 Å². The van der Waals surface area contributed by atoms with Crippen molar-refractivity contribution in [3.05, 3.63) is 15.5 Å². The molecule has 0 radical (unpaired) electrons.